The molecule has 0 aliphatic carbocycles. The lowest BCUT2D eigenvalue weighted by atomic mass is 9.98. The normalized spacial score (nSPS) is 10.8. The predicted molar refractivity (Wildman–Crippen MR) is 87.9 cm³/mol. The van der Waals surface area contributed by atoms with Gasteiger partial charge in [0.05, 0.1) is 0 Å². The summed E-state index contributed by atoms with van der Waals surface area (Å²) in [7, 11) is 0. The number of anilines is 1. The summed E-state index contributed by atoms with van der Waals surface area (Å²) in [5, 5.41) is 3.73. The second kappa shape index (κ2) is 7.37. The molecule has 0 saturated carbocycles. The zero-order chi connectivity index (χ0) is 14.4. The van der Waals surface area contributed by atoms with Gasteiger partial charge in [0.1, 0.15) is 0 Å². The van der Waals surface area contributed by atoms with Crippen molar-refractivity contribution in [2.24, 2.45) is 0 Å². The van der Waals surface area contributed by atoms with Crippen LogP contribution in [-0.2, 0) is 0 Å². The Morgan fingerprint density at radius 1 is 1.11 bits per heavy atom. The Morgan fingerprint density at radius 3 is 2.16 bits per heavy atom. The molecular formula is C18H29N. The predicted octanol–water partition coefficient (Wildman–Crippen LogP) is 5.72. The molecule has 0 spiro atoms. The standard InChI is InChI=1S/C18H29N/c1-7-9-16(10-8-2)19-18-12-17(13(3)4)14(5)11-15(18)6/h11-12,16,19H,3,7-10H2,1-2,4-6H3. The molecule has 1 aromatic rings. The Morgan fingerprint density at radius 2 is 1.68 bits per heavy atom. The van der Waals surface area contributed by atoms with Gasteiger partial charge in [0, 0.05) is 11.7 Å². The molecule has 1 nitrogen and oxygen atoms in total. The molecule has 1 aromatic carbocycles. The van der Waals surface area contributed by atoms with Gasteiger partial charge in [-0.15, -0.1) is 0 Å². The minimum absolute atomic E-state index is 0.592. The van der Waals surface area contributed by atoms with E-state index in [1.807, 2.05) is 0 Å². The van der Waals surface area contributed by atoms with Gasteiger partial charge in [-0.05, 0) is 56.4 Å². The molecule has 0 amide bonds. The van der Waals surface area contributed by atoms with E-state index in [0.717, 1.165) is 5.57 Å². The monoisotopic (exact) mass is 259 g/mol. The Bertz CT molecular complexity index is 426. The van der Waals surface area contributed by atoms with Crippen LogP contribution in [0.2, 0.25) is 0 Å². The van der Waals surface area contributed by atoms with Crippen LogP contribution >= 0.6 is 0 Å². The Hall–Kier alpha value is -1.24. The molecule has 0 aromatic heterocycles. The average Bonchev–Trinajstić information content (AvgIpc) is 2.32. The molecule has 19 heavy (non-hydrogen) atoms. The van der Waals surface area contributed by atoms with Crippen molar-refractivity contribution < 1.29 is 0 Å². The smallest absolute Gasteiger partial charge is 0.0378 e. The van der Waals surface area contributed by atoms with Crippen LogP contribution in [0.3, 0.4) is 0 Å². The third kappa shape index (κ3) is 4.41. The van der Waals surface area contributed by atoms with Crippen LogP contribution in [0.25, 0.3) is 5.57 Å². The van der Waals surface area contributed by atoms with E-state index in [2.05, 4.69) is 58.6 Å². The van der Waals surface area contributed by atoms with Crippen molar-refractivity contribution in [1.82, 2.24) is 0 Å². The van der Waals surface area contributed by atoms with Gasteiger partial charge in [-0.3, -0.25) is 0 Å². The van der Waals surface area contributed by atoms with Crippen molar-refractivity contribution in [2.75, 3.05) is 5.32 Å². The second-order valence-corrected chi connectivity index (χ2v) is 5.68. The Balaban J connectivity index is 2.98. The second-order valence-electron chi connectivity index (χ2n) is 5.68. The lowest BCUT2D eigenvalue weighted by Gasteiger charge is -2.21. The van der Waals surface area contributed by atoms with E-state index in [1.54, 1.807) is 0 Å². The summed E-state index contributed by atoms with van der Waals surface area (Å²) in [4.78, 5) is 0. The first-order valence-corrected chi connectivity index (χ1v) is 7.53. The summed E-state index contributed by atoms with van der Waals surface area (Å²) in [5.41, 5.74) is 6.34. The third-order valence-electron chi connectivity index (χ3n) is 3.67. The maximum atomic E-state index is 4.08. The van der Waals surface area contributed by atoms with Gasteiger partial charge in [0.15, 0.2) is 0 Å². The van der Waals surface area contributed by atoms with E-state index in [9.17, 15) is 0 Å². The Kier molecular flexibility index (Phi) is 6.14. The van der Waals surface area contributed by atoms with Gasteiger partial charge in [-0.25, -0.2) is 0 Å². The van der Waals surface area contributed by atoms with Gasteiger partial charge >= 0.3 is 0 Å². The van der Waals surface area contributed by atoms with E-state index in [0.29, 0.717) is 6.04 Å². The quantitative estimate of drug-likeness (QED) is 0.660. The highest BCUT2D eigenvalue weighted by atomic mass is 14.9. The number of benzene rings is 1. The lowest BCUT2D eigenvalue weighted by molar-refractivity contribution is 0.586. The first kappa shape index (κ1) is 15.8. The van der Waals surface area contributed by atoms with Crippen molar-refractivity contribution in [1.29, 1.82) is 0 Å². The first-order valence-electron chi connectivity index (χ1n) is 7.53. The zero-order valence-electron chi connectivity index (χ0n) is 13.3. The minimum atomic E-state index is 0.592. The highest BCUT2D eigenvalue weighted by Crippen LogP contribution is 2.26. The van der Waals surface area contributed by atoms with Crippen molar-refractivity contribution >= 4 is 11.3 Å². The van der Waals surface area contributed by atoms with Crippen LogP contribution in [-0.4, -0.2) is 6.04 Å². The van der Waals surface area contributed by atoms with Crippen LogP contribution in [0, 0.1) is 13.8 Å². The minimum Gasteiger partial charge on any atom is -0.382 e. The fourth-order valence-electron chi connectivity index (χ4n) is 2.67. The number of nitrogens with one attached hydrogen (secondary N) is 1. The molecule has 0 aliphatic rings. The molecule has 0 atom stereocenters. The molecule has 0 radical (unpaired) electrons. The maximum Gasteiger partial charge on any atom is 0.0378 e. The molecule has 1 rings (SSSR count). The molecule has 0 heterocycles. The maximum absolute atomic E-state index is 4.08. The zero-order valence-corrected chi connectivity index (χ0v) is 13.3. The van der Waals surface area contributed by atoms with E-state index in [4.69, 9.17) is 0 Å². The van der Waals surface area contributed by atoms with Crippen LogP contribution in [0.4, 0.5) is 5.69 Å². The van der Waals surface area contributed by atoms with Crippen LogP contribution < -0.4 is 5.32 Å². The van der Waals surface area contributed by atoms with Crippen LogP contribution in [0.1, 0.15) is 63.1 Å². The molecule has 0 saturated heterocycles. The number of hydrogen-bond acceptors (Lipinski definition) is 1. The van der Waals surface area contributed by atoms with Gasteiger partial charge in [-0.1, -0.05) is 44.9 Å². The summed E-state index contributed by atoms with van der Waals surface area (Å²) in [6, 6.07) is 5.13. The topological polar surface area (TPSA) is 12.0 Å². The summed E-state index contributed by atoms with van der Waals surface area (Å²) >= 11 is 0. The van der Waals surface area contributed by atoms with E-state index < -0.39 is 0 Å². The van der Waals surface area contributed by atoms with E-state index in [-0.39, 0.29) is 0 Å². The number of allylic oxidation sites excluding steroid dienone is 1. The number of aryl methyl sites for hydroxylation is 2. The van der Waals surface area contributed by atoms with Gasteiger partial charge in [-0.2, -0.15) is 0 Å². The van der Waals surface area contributed by atoms with Crippen LogP contribution in [0.15, 0.2) is 18.7 Å². The molecule has 0 fully saturated rings. The molecule has 1 heteroatoms. The lowest BCUT2D eigenvalue weighted by Crippen LogP contribution is -2.19. The summed E-state index contributed by atoms with van der Waals surface area (Å²) in [5.74, 6) is 0. The molecule has 0 unspecified atom stereocenters. The molecule has 106 valence electrons. The molecule has 1 N–H and O–H groups in total. The van der Waals surface area contributed by atoms with Crippen molar-refractivity contribution in [3.63, 3.8) is 0 Å². The molecule has 0 aliphatic heterocycles. The highest BCUT2D eigenvalue weighted by molar-refractivity contribution is 5.70. The number of rotatable bonds is 7. The summed E-state index contributed by atoms with van der Waals surface area (Å²) in [6.45, 7) is 15.0. The van der Waals surface area contributed by atoms with E-state index in [1.165, 1.54) is 48.1 Å². The number of hydrogen-bond donors (Lipinski definition) is 1. The van der Waals surface area contributed by atoms with Crippen molar-refractivity contribution in [2.45, 2.75) is 66.3 Å². The first-order chi connectivity index (χ1) is 8.99. The molecule has 0 bridgehead atoms. The van der Waals surface area contributed by atoms with Gasteiger partial charge < -0.3 is 5.32 Å². The van der Waals surface area contributed by atoms with Crippen molar-refractivity contribution in [3.05, 3.63) is 35.4 Å². The Labute approximate surface area is 119 Å². The fraction of sp³-hybridized carbons (Fsp3) is 0.556. The highest BCUT2D eigenvalue weighted by Gasteiger charge is 2.10. The molecular weight excluding hydrogens is 230 g/mol. The van der Waals surface area contributed by atoms with Crippen molar-refractivity contribution in [3.8, 4) is 0 Å². The SMILES string of the molecule is C=C(C)c1cc(NC(CCC)CCC)c(C)cc1C. The van der Waals surface area contributed by atoms with Gasteiger partial charge in [0.25, 0.3) is 0 Å². The third-order valence-corrected chi connectivity index (χ3v) is 3.67. The fourth-order valence-corrected chi connectivity index (χ4v) is 2.67. The average molecular weight is 259 g/mol. The van der Waals surface area contributed by atoms with Gasteiger partial charge in [0.2, 0.25) is 0 Å². The van der Waals surface area contributed by atoms with E-state index >= 15 is 0 Å². The summed E-state index contributed by atoms with van der Waals surface area (Å²) in [6.07, 6.45) is 4.94. The largest absolute Gasteiger partial charge is 0.382 e. The summed E-state index contributed by atoms with van der Waals surface area (Å²) < 4.78 is 0. The van der Waals surface area contributed by atoms with Crippen LogP contribution in [0.5, 0.6) is 0 Å².